The number of unbranched alkanes of at least 4 members (excludes halogenated alkanes) is 6. The van der Waals surface area contributed by atoms with Crippen LogP contribution in [0.2, 0.25) is 0 Å². The molecule has 0 N–H and O–H groups in total. The molecule has 0 saturated carbocycles. The van der Waals surface area contributed by atoms with Crippen LogP contribution in [0.5, 0.6) is 0 Å². The Labute approximate surface area is 146 Å². The van der Waals surface area contributed by atoms with Crippen molar-refractivity contribution in [2.45, 2.75) is 103 Å². The van der Waals surface area contributed by atoms with Gasteiger partial charge in [-0.15, -0.1) is 0 Å². The molecule has 0 aliphatic rings. The van der Waals surface area contributed by atoms with Crippen LogP contribution < -0.4 is 0 Å². The van der Waals surface area contributed by atoms with Gasteiger partial charge in [-0.05, 0) is 47.8 Å². The minimum absolute atomic E-state index is 0.680. The summed E-state index contributed by atoms with van der Waals surface area (Å²) < 4.78 is 59.2. The molecule has 0 amide bonds. The van der Waals surface area contributed by atoms with E-state index in [1.54, 1.807) is 0 Å². The first-order chi connectivity index (χ1) is 10.6. The first kappa shape index (κ1) is 26.7. The van der Waals surface area contributed by atoms with Crippen LogP contribution in [0.25, 0.3) is 0 Å². The monoisotopic (exact) mass is 404 g/mol. The molecule has 0 fully saturated rings. The molecule has 1 atom stereocenters. The van der Waals surface area contributed by atoms with E-state index in [1.165, 1.54) is 77.0 Å². The number of halogens is 6. The van der Waals surface area contributed by atoms with E-state index < -0.39 is 7.81 Å². The van der Waals surface area contributed by atoms with Crippen LogP contribution in [-0.2, 0) is 0 Å². The van der Waals surface area contributed by atoms with Gasteiger partial charge in [0, 0.05) is 0 Å². The quantitative estimate of drug-likeness (QED) is 0.173. The van der Waals surface area contributed by atoms with Crippen molar-refractivity contribution in [1.29, 1.82) is 0 Å². The molecule has 0 saturated heterocycles. The summed E-state index contributed by atoms with van der Waals surface area (Å²) in [5, 5.41) is 0.680. The van der Waals surface area contributed by atoms with Gasteiger partial charge in [0.2, 0.25) is 0 Å². The Balaban J connectivity index is 0. The predicted molar refractivity (Wildman–Crippen MR) is 99.8 cm³/mol. The normalized spacial score (nSPS) is 15.4. The van der Waals surface area contributed by atoms with E-state index >= 15 is 0 Å². The van der Waals surface area contributed by atoms with Crippen LogP contribution in [0, 0.1) is 0 Å². The zero-order valence-electron chi connectivity index (χ0n) is 15.4. The molecule has 0 spiro atoms. The Kier molecular flexibility index (Phi) is 11.7. The van der Waals surface area contributed by atoms with Crippen molar-refractivity contribution in [1.82, 2.24) is 0 Å². The molecule has 0 aromatic carbocycles. The van der Waals surface area contributed by atoms with E-state index in [9.17, 15) is 25.2 Å². The zero-order valence-corrected chi connectivity index (χ0v) is 17.7. The topological polar surface area (TPSA) is 0 Å². The summed E-state index contributed by atoms with van der Waals surface area (Å²) >= 11 is 0. The molecule has 0 aliphatic carbocycles. The van der Waals surface area contributed by atoms with Gasteiger partial charge in [-0.2, -0.15) is 0 Å². The van der Waals surface area contributed by atoms with Gasteiger partial charge < -0.3 is 0 Å². The molecular weight excluding hydrogens is 368 g/mol. The molecule has 152 valence electrons. The van der Waals surface area contributed by atoms with Crippen molar-refractivity contribution in [3.63, 3.8) is 0 Å². The third kappa shape index (κ3) is 30.3. The second kappa shape index (κ2) is 10.6. The van der Waals surface area contributed by atoms with E-state index in [1.807, 2.05) is 0 Å². The first-order valence-electron chi connectivity index (χ1n) is 9.05. The van der Waals surface area contributed by atoms with Gasteiger partial charge in [-0.3, -0.25) is 0 Å². The molecule has 8 heteroatoms. The van der Waals surface area contributed by atoms with Crippen LogP contribution >= 0.6 is 17.0 Å². The first-order valence-corrected chi connectivity index (χ1v) is 11.8. The third-order valence-electron chi connectivity index (χ3n) is 3.93. The second-order valence-electron chi connectivity index (χ2n) is 6.83. The molecule has 0 heterocycles. The van der Waals surface area contributed by atoms with Gasteiger partial charge in [-0.25, -0.2) is 0 Å². The van der Waals surface area contributed by atoms with Crippen LogP contribution in [0.3, 0.4) is 0 Å². The summed E-state index contributed by atoms with van der Waals surface area (Å²) in [5.41, 5.74) is 0. The van der Waals surface area contributed by atoms with Gasteiger partial charge in [-0.1, -0.05) is 59.3 Å². The Morgan fingerprint density at radius 3 is 0.958 bits per heavy atom. The van der Waals surface area contributed by atoms with Crippen molar-refractivity contribution < 1.29 is 25.2 Å². The van der Waals surface area contributed by atoms with Crippen molar-refractivity contribution >= 4 is 17.0 Å². The minimum atomic E-state index is -10.7. The summed E-state index contributed by atoms with van der Waals surface area (Å²) in [6.07, 6.45) is 17.2. The molecule has 0 radical (unpaired) electrons. The second-order valence-corrected chi connectivity index (χ2v) is 10.2. The fraction of sp³-hybridized carbons (Fsp3) is 1.00. The van der Waals surface area contributed by atoms with Crippen LogP contribution in [0.1, 0.15) is 97.8 Å². The van der Waals surface area contributed by atoms with Gasteiger partial charge in [0.1, 0.15) is 0 Å². The maximum atomic E-state index is 9.87. The molecule has 0 aromatic rings. The van der Waals surface area contributed by atoms with Gasteiger partial charge in [0.15, 0.2) is 0 Å². The Hall–Kier alpha value is 0.440. The molecule has 0 aromatic heterocycles. The third-order valence-corrected chi connectivity index (χ3v) is 4.99. The summed E-state index contributed by atoms with van der Waals surface area (Å²) in [6.45, 7) is 6.94. The van der Waals surface area contributed by atoms with E-state index in [2.05, 4.69) is 30.0 Å². The zero-order chi connectivity index (χ0) is 19.4. The number of hydrogen-bond donors (Lipinski definition) is 0. The average Bonchev–Trinajstić information content (AvgIpc) is 2.36. The fourth-order valence-corrected chi connectivity index (χ4v) is 3.37. The molecule has 0 nitrogen and oxygen atoms in total. The van der Waals surface area contributed by atoms with Crippen molar-refractivity contribution in [2.24, 2.45) is 0 Å². The van der Waals surface area contributed by atoms with Crippen LogP contribution in [0.4, 0.5) is 25.2 Å². The molecule has 1 unspecified atom stereocenters. The standard InChI is InChI=1S/C16H35P.F6P/c1-4-7-10-13-16(17,14-11-8-5-2)15-12-9-6-3;1-7(2,3,4,5)6/h4-15,17H2,1-3H3;/q;-1/p+1. The van der Waals surface area contributed by atoms with Crippen molar-refractivity contribution in [3.05, 3.63) is 0 Å². The van der Waals surface area contributed by atoms with E-state index in [0.29, 0.717) is 5.16 Å². The van der Waals surface area contributed by atoms with Crippen LogP contribution in [-0.4, -0.2) is 5.16 Å². The maximum absolute atomic E-state index is 10.7. The van der Waals surface area contributed by atoms with Crippen molar-refractivity contribution in [3.8, 4) is 0 Å². The number of hydrogen-bond acceptors (Lipinski definition) is 0. The molecule has 0 rings (SSSR count). The SMILES string of the molecule is CCCCCC([PH3+])(CCCCC)CCCCC.F[P-](F)(F)(F)(F)F. The molecule has 24 heavy (non-hydrogen) atoms. The Bertz CT molecular complexity index is 274. The van der Waals surface area contributed by atoms with Gasteiger partial charge in [0.25, 0.3) is 0 Å². The van der Waals surface area contributed by atoms with Gasteiger partial charge >= 0.3 is 33.0 Å². The molecule has 0 bridgehead atoms. The van der Waals surface area contributed by atoms with Crippen molar-refractivity contribution in [2.75, 3.05) is 0 Å². The van der Waals surface area contributed by atoms with E-state index in [0.717, 1.165) is 0 Å². The Morgan fingerprint density at radius 1 is 0.583 bits per heavy atom. The van der Waals surface area contributed by atoms with E-state index in [4.69, 9.17) is 0 Å². The number of rotatable bonds is 12. The van der Waals surface area contributed by atoms with E-state index in [-0.39, 0.29) is 0 Å². The molecular formula is C16H36F6P2. The van der Waals surface area contributed by atoms with Crippen LogP contribution in [0.15, 0.2) is 0 Å². The predicted octanol–water partition coefficient (Wildman–Crippen LogP) is 9.46. The summed E-state index contributed by atoms with van der Waals surface area (Å²) in [7, 11) is -8.33. The summed E-state index contributed by atoms with van der Waals surface area (Å²) in [6, 6.07) is 0. The summed E-state index contributed by atoms with van der Waals surface area (Å²) in [5.74, 6) is 0. The summed E-state index contributed by atoms with van der Waals surface area (Å²) in [4.78, 5) is 0. The average molecular weight is 404 g/mol. The molecule has 0 aliphatic heterocycles. The van der Waals surface area contributed by atoms with Gasteiger partial charge in [0.05, 0.1) is 5.16 Å². The fourth-order valence-electron chi connectivity index (χ4n) is 2.62. The Morgan fingerprint density at radius 2 is 0.792 bits per heavy atom.